The molecule has 0 saturated carbocycles. The molecule has 2 heteroatoms. The molecule has 28 heavy (non-hydrogen) atoms. The Morgan fingerprint density at radius 1 is 0.786 bits per heavy atom. The van der Waals surface area contributed by atoms with Gasteiger partial charge >= 0.3 is 0 Å². The Bertz CT molecular complexity index is 1090. The van der Waals surface area contributed by atoms with Crippen LogP contribution in [0.5, 0.6) is 0 Å². The molecular formula is C26H26N2. The molecule has 0 N–H and O–H groups in total. The smallest absolute Gasteiger partial charge is 0.0805 e. The maximum atomic E-state index is 5.14. The summed E-state index contributed by atoms with van der Waals surface area (Å²) < 4.78 is 2.46. The highest BCUT2D eigenvalue weighted by Gasteiger charge is 2.21. The van der Waals surface area contributed by atoms with Gasteiger partial charge in [-0.05, 0) is 31.5 Å². The van der Waals surface area contributed by atoms with Crippen molar-refractivity contribution >= 4 is 22.3 Å². The minimum Gasteiger partial charge on any atom is -0.344 e. The number of fused-ring (bicyclic) bond motifs is 1. The lowest BCUT2D eigenvalue weighted by molar-refractivity contribution is 0.721. The lowest BCUT2D eigenvalue weighted by atomic mass is 9.97. The van der Waals surface area contributed by atoms with Gasteiger partial charge in [-0.25, -0.2) is 4.99 Å². The summed E-state index contributed by atoms with van der Waals surface area (Å²) in [5.74, 6) is 0. The van der Waals surface area contributed by atoms with Crippen LogP contribution in [0.2, 0.25) is 0 Å². The third-order valence-corrected chi connectivity index (χ3v) is 5.16. The molecule has 1 heterocycles. The Morgan fingerprint density at radius 3 is 2.11 bits per heavy atom. The first-order chi connectivity index (χ1) is 13.8. The van der Waals surface area contributed by atoms with Crippen LogP contribution < -0.4 is 0 Å². The molecule has 140 valence electrons. The third kappa shape index (κ3) is 3.38. The van der Waals surface area contributed by atoms with E-state index in [1.54, 1.807) is 0 Å². The van der Waals surface area contributed by atoms with E-state index in [2.05, 4.69) is 85.1 Å². The van der Waals surface area contributed by atoms with Gasteiger partial charge in [0.1, 0.15) is 0 Å². The maximum Gasteiger partial charge on any atom is 0.0805 e. The van der Waals surface area contributed by atoms with Crippen molar-refractivity contribution in [2.45, 2.75) is 33.2 Å². The van der Waals surface area contributed by atoms with Crippen molar-refractivity contribution in [3.8, 4) is 0 Å². The van der Waals surface area contributed by atoms with Crippen LogP contribution in [0.4, 0.5) is 5.69 Å². The van der Waals surface area contributed by atoms with Crippen molar-refractivity contribution in [1.82, 2.24) is 4.57 Å². The van der Waals surface area contributed by atoms with E-state index in [0.717, 1.165) is 36.3 Å². The number of rotatable bonds is 6. The van der Waals surface area contributed by atoms with E-state index in [1.165, 1.54) is 22.2 Å². The molecule has 0 atom stereocenters. The summed E-state index contributed by atoms with van der Waals surface area (Å²) in [7, 11) is 0. The van der Waals surface area contributed by atoms with Gasteiger partial charge in [0, 0.05) is 34.3 Å². The molecule has 0 saturated heterocycles. The average molecular weight is 367 g/mol. The van der Waals surface area contributed by atoms with Crippen LogP contribution >= 0.6 is 0 Å². The average Bonchev–Trinajstić information content (AvgIpc) is 3.06. The first-order valence-electron chi connectivity index (χ1n) is 10.1. The van der Waals surface area contributed by atoms with E-state index in [9.17, 15) is 0 Å². The fraction of sp³-hybridized carbons (Fsp3) is 0.192. The number of hydrogen-bond donors (Lipinski definition) is 0. The zero-order valence-electron chi connectivity index (χ0n) is 16.6. The van der Waals surface area contributed by atoms with E-state index >= 15 is 0 Å². The molecule has 0 spiro atoms. The molecule has 4 aromatic rings. The molecular weight excluding hydrogens is 340 g/mol. The van der Waals surface area contributed by atoms with Gasteiger partial charge in [-0.3, -0.25) is 0 Å². The van der Waals surface area contributed by atoms with Crippen molar-refractivity contribution in [3.05, 3.63) is 102 Å². The van der Waals surface area contributed by atoms with Gasteiger partial charge < -0.3 is 4.57 Å². The van der Waals surface area contributed by atoms with Crippen molar-refractivity contribution in [1.29, 1.82) is 0 Å². The lowest BCUT2D eigenvalue weighted by Crippen LogP contribution is -2.09. The van der Waals surface area contributed by atoms with Gasteiger partial charge in [0.2, 0.25) is 0 Å². The van der Waals surface area contributed by atoms with Crippen molar-refractivity contribution in [3.63, 3.8) is 0 Å². The molecule has 0 amide bonds. The maximum absolute atomic E-state index is 5.14. The zero-order chi connectivity index (χ0) is 19.3. The standard InChI is InChI=1S/C26H26N2/c1-3-13-24-25(22-18-11-12-19-23(22)28(24)4-2)26(20-14-7-5-8-15-20)27-21-16-9-6-10-17-21/h5-12,14-19H,3-4,13H2,1-2H3. The molecule has 0 aliphatic heterocycles. The zero-order valence-corrected chi connectivity index (χ0v) is 16.6. The first kappa shape index (κ1) is 18.2. The van der Waals surface area contributed by atoms with E-state index < -0.39 is 0 Å². The quantitative estimate of drug-likeness (QED) is 0.335. The Morgan fingerprint density at radius 2 is 1.43 bits per heavy atom. The topological polar surface area (TPSA) is 17.3 Å². The van der Waals surface area contributed by atoms with Gasteiger partial charge in [0.05, 0.1) is 11.4 Å². The van der Waals surface area contributed by atoms with Crippen LogP contribution in [0.1, 0.15) is 37.1 Å². The lowest BCUT2D eigenvalue weighted by Gasteiger charge is -2.12. The van der Waals surface area contributed by atoms with Gasteiger partial charge in [0.25, 0.3) is 0 Å². The fourth-order valence-electron chi connectivity index (χ4n) is 3.97. The summed E-state index contributed by atoms with van der Waals surface area (Å²) in [6, 6.07) is 29.6. The van der Waals surface area contributed by atoms with E-state index in [-0.39, 0.29) is 0 Å². The molecule has 2 nitrogen and oxygen atoms in total. The predicted molar refractivity (Wildman–Crippen MR) is 120 cm³/mol. The van der Waals surface area contributed by atoms with Gasteiger partial charge in [-0.2, -0.15) is 0 Å². The Hall–Kier alpha value is -3.13. The summed E-state index contributed by atoms with van der Waals surface area (Å²) in [6.07, 6.45) is 2.15. The number of aryl methyl sites for hydroxylation is 1. The molecule has 0 aliphatic rings. The third-order valence-electron chi connectivity index (χ3n) is 5.16. The summed E-state index contributed by atoms with van der Waals surface area (Å²) in [5.41, 5.74) is 7.14. The summed E-state index contributed by atoms with van der Waals surface area (Å²) in [4.78, 5) is 5.14. The van der Waals surface area contributed by atoms with Crippen molar-refractivity contribution in [2.24, 2.45) is 4.99 Å². The Balaban J connectivity index is 2.06. The van der Waals surface area contributed by atoms with Crippen LogP contribution in [0.3, 0.4) is 0 Å². The number of aliphatic imine (C=N–C) groups is 1. The number of para-hydroxylation sites is 2. The van der Waals surface area contributed by atoms with Gasteiger partial charge in [-0.15, -0.1) is 0 Å². The first-order valence-corrected chi connectivity index (χ1v) is 10.1. The minimum absolute atomic E-state index is 0.962. The minimum atomic E-state index is 0.962. The number of nitrogens with zero attached hydrogens (tertiary/aromatic N) is 2. The van der Waals surface area contributed by atoms with Crippen LogP contribution in [-0.2, 0) is 13.0 Å². The molecule has 1 aromatic heterocycles. The van der Waals surface area contributed by atoms with E-state index in [4.69, 9.17) is 4.99 Å². The normalized spacial score (nSPS) is 11.9. The molecule has 0 unspecified atom stereocenters. The second kappa shape index (κ2) is 8.26. The highest BCUT2D eigenvalue weighted by atomic mass is 15.0. The van der Waals surface area contributed by atoms with E-state index in [1.807, 2.05) is 18.2 Å². The summed E-state index contributed by atoms with van der Waals surface area (Å²) in [6.45, 7) is 5.44. The Labute approximate surface area is 167 Å². The molecule has 0 radical (unpaired) electrons. The molecule has 0 fully saturated rings. The molecule has 0 bridgehead atoms. The van der Waals surface area contributed by atoms with Crippen LogP contribution in [0, 0.1) is 0 Å². The SMILES string of the molecule is CCCc1c(C(=Nc2ccccc2)c2ccccc2)c2ccccc2n1CC. The number of benzene rings is 3. The predicted octanol–water partition coefficient (Wildman–Crippen LogP) is 6.78. The fourth-order valence-corrected chi connectivity index (χ4v) is 3.97. The van der Waals surface area contributed by atoms with Crippen molar-refractivity contribution in [2.75, 3.05) is 0 Å². The molecule has 3 aromatic carbocycles. The molecule has 4 rings (SSSR count). The monoisotopic (exact) mass is 366 g/mol. The summed E-state index contributed by atoms with van der Waals surface area (Å²) >= 11 is 0. The van der Waals surface area contributed by atoms with Crippen LogP contribution in [0.25, 0.3) is 10.9 Å². The van der Waals surface area contributed by atoms with Crippen LogP contribution in [-0.4, -0.2) is 10.3 Å². The molecule has 0 aliphatic carbocycles. The second-order valence-corrected chi connectivity index (χ2v) is 7.00. The Kier molecular flexibility index (Phi) is 5.38. The summed E-state index contributed by atoms with van der Waals surface area (Å²) in [5, 5.41) is 1.28. The van der Waals surface area contributed by atoms with Crippen LogP contribution in [0.15, 0.2) is 89.9 Å². The van der Waals surface area contributed by atoms with E-state index in [0.29, 0.717) is 0 Å². The highest BCUT2D eigenvalue weighted by molar-refractivity contribution is 6.21. The highest BCUT2D eigenvalue weighted by Crippen LogP contribution is 2.31. The number of aromatic nitrogens is 1. The second-order valence-electron chi connectivity index (χ2n) is 7.00. The van der Waals surface area contributed by atoms with Gasteiger partial charge in [-0.1, -0.05) is 80.1 Å². The number of hydrogen-bond acceptors (Lipinski definition) is 1. The van der Waals surface area contributed by atoms with Gasteiger partial charge in [0.15, 0.2) is 0 Å². The van der Waals surface area contributed by atoms with Crippen molar-refractivity contribution < 1.29 is 0 Å². The largest absolute Gasteiger partial charge is 0.344 e.